The molecule has 2 atom stereocenters. The Morgan fingerprint density at radius 3 is 2.36 bits per heavy atom. The largest absolute Gasteiger partial charge is 0.481 e. The van der Waals surface area contributed by atoms with Crippen LogP contribution in [0.25, 0.3) is 0 Å². The molecule has 154 valence electrons. The van der Waals surface area contributed by atoms with Gasteiger partial charge >= 0.3 is 11.9 Å². The van der Waals surface area contributed by atoms with Crippen molar-refractivity contribution in [3.63, 3.8) is 0 Å². The molecule has 0 aliphatic rings. The predicted octanol–water partition coefficient (Wildman–Crippen LogP) is 0.188. The molecule has 1 rings (SSSR count). The maximum absolute atomic E-state index is 12.3. The number of nitrogens with two attached hydrogens (primary N) is 1. The van der Waals surface area contributed by atoms with Gasteiger partial charge in [-0.15, -0.1) is 0 Å². The lowest BCUT2D eigenvalue weighted by Crippen LogP contribution is -2.49. The molecule has 0 bridgehead atoms. The number of amides is 2. The van der Waals surface area contributed by atoms with Crippen LogP contribution in [0.2, 0.25) is 0 Å². The molecular weight excluding hydrogens is 386 g/mol. The van der Waals surface area contributed by atoms with Crippen LogP contribution >= 0.6 is 11.8 Å². The summed E-state index contributed by atoms with van der Waals surface area (Å²) < 4.78 is 0. The van der Waals surface area contributed by atoms with Crippen molar-refractivity contribution < 1.29 is 29.4 Å². The van der Waals surface area contributed by atoms with Crippen LogP contribution in [0.4, 0.5) is 0 Å². The summed E-state index contributed by atoms with van der Waals surface area (Å²) in [7, 11) is 0. The average molecular weight is 411 g/mol. The topological polar surface area (TPSA) is 159 Å². The van der Waals surface area contributed by atoms with Crippen molar-refractivity contribution >= 4 is 35.5 Å². The Kier molecular flexibility index (Phi) is 10.7. The molecule has 2 amide bonds. The highest BCUT2D eigenvalue weighted by atomic mass is 32.2. The molecule has 0 radical (unpaired) electrons. The molecule has 0 fully saturated rings. The summed E-state index contributed by atoms with van der Waals surface area (Å²) in [5, 5.41) is 22.5. The number of aliphatic carboxylic acids is 2. The van der Waals surface area contributed by atoms with E-state index in [9.17, 15) is 19.2 Å². The summed E-state index contributed by atoms with van der Waals surface area (Å²) in [6, 6.07) is 7.58. The number of benzene rings is 1. The number of carboxylic acid groups (broad SMARTS) is 2. The molecule has 0 saturated heterocycles. The van der Waals surface area contributed by atoms with Crippen LogP contribution in [0.15, 0.2) is 30.3 Å². The quantitative estimate of drug-likeness (QED) is 0.307. The van der Waals surface area contributed by atoms with Crippen LogP contribution in [0.1, 0.15) is 24.8 Å². The molecule has 2 unspecified atom stereocenters. The van der Waals surface area contributed by atoms with E-state index in [4.69, 9.17) is 15.9 Å². The molecule has 1 aromatic carbocycles. The van der Waals surface area contributed by atoms with Crippen molar-refractivity contribution in [3.8, 4) is 0 Å². The van der Waals surface area contributed by atoms with Gasteiger partial charge in [-0.2, -0.15) is 11.8 Å². The third-order valence-electron chi connectivity index (χ3n) is 3.69. The van der Waals surface area contributed by atoms with Gasteiger partial charge in [0.05, 0.1) is 6.42 Å². The van der Waals surface area contributed by atoms with Crippen LogP contribution in [-0.2, 0) is 24.9 Å². The number of nitrogens with one attached hydrogen (secondary N) is 2. The summed E-state index contributed by atoms with van der Waals surface area (Å²) in [5.74, 6) is -2.30. The Balaban J connectivity index is 2.57. The monoisotopic (exact) mass is 411 g/mol. The van der Waals surface area contributed by atoms with Gasteiger partial charge in [0.2, 0.25) is 11.8 Å². The average Bonchev–Trinajstić information content (AvgIpc) is 2.65. The normalized spacial score (nSPS) is 12.6. The number of rotatable bonds is 13. The lowest BCUT2D eigenvalue weighted by Gasteiger charge is -2.18. The second-order valence-electron chi connectivity index (χ2n) is 6.04. The molecular formula is C18H25N3O6S. The number of carbonyl (C=O) groups excluding carboxylic acids is 2. The van der Waals surface area contributed by atoms with Crippen molar-refractivity contribution in [1.82, 2.24) is 10.6 Å². The Morgan fingerprint density at radius 2 is 1.75 bits per heavy atom. The molecule has 0 saturated carbocycles. The highest BCUT2D eigenvalue weighted by Crippen LogP contribution is 2.13. The Morgan fingerprint density at radius 1 is 1.07 bits per heavy atom. The maximum atomic E-state index is 12.3. The van der Waals surface area contributed by atoms with Gasteiger partial charge in [-0.1, -0.05) is 30.3 Å². The van der Waals surface area contributed by atoms with Crippen molar-refractivity contribution in [1.29, 1.82) is 0 Å². The zero-order valence-electron chi connectivity index (χ0n) is 15.3. The Hall–Kier alpha value is -2.59. The van der Waals surface area contributed by atoms with Gasteiger partial charge in [0.1, 0.15) is 12.1 Å². The summed E-state index contributed by atoms with van der Waals surface area (Å²) >= 11 is 1.44. The number of carboxylic acids is 2. The molecule has 9 nitrogen and oxygen atoms in total. The maximum Gasteiger partial charge on any atom is 0.320 e. The van der Waals surface area contributed by atoms with E-state index >= 15 is 0 Å². The SMILES string of the molecule is NC(CCC(=O)NC(CSCc1ccccc1)C(=O)NCCC(=O)O)C(=O)O. The van der Waals surface area contributed by atoms with Crippen LogP contribution < -0.4 is 16.4 Å². The van der Waals surface area contributed by atoms with E-state index in [-0.39, 0.29) is 31.6 Å². The third-order valence-corrected chi connectivity index (χ3v) is 4.79. The highest BCUT2D eigenvalue weighted by Gasteiger charge is 2.22. The molecule has 28 heavy (non-hydrogen) atoms. The van der Waals surface area contributed by atoms with Gasteiger partial charge < -0.3 is 26.6 Å². The number of hydrogen-bond acceptors (Lipinski definition) is 6. The first kappa shape index (κ1) is 23.4. The Labute approximate surface area is 167 Å². The fourth-order valence-corrected chi connectivity index (χ4v) is 3.16. The standard InChI is InChI=1S/C18H25N3O6S/c19-13(18(26)27)6-7-15(22)21-14(17(25)20-9-8-16(23)24)11-28-10-12-4-2-1-3-5-12/h1-5,13-14H,6-11,19H2,(H,20,25)(H,21,22)(H,23,24)(H,26,27). The van der Waals surface area contributed by atoms with Gasteiger partial charge in [-0.3, -0.25) is 19.2 Å². The molecule has 1 aromatic rings. The zero-order chi connectivity index (χ0) is 20.9. The predicted molar refractivity (Wildman–Crippen MR) is 105 cm³/mol. The molecule has 6 N–H and O–H groups in total. The van der Waals surface area contributed by atoms with E-state index < -0.39 is 35.8 Å². The lowest BCUT2D eigenvalue weighted by atomic mass is 10.1. The second kappa shape index (κ2) is 12.7. The van der Waals surface area contributed by atoms with Crippen LogP contribution in [-0.4, -0.2) is 58.3 Å². The van der Waals surface area contributed by atoms with E-state index in [1.807, 2.05) is 30.3 Å². The first-order chi connectivity index (χ1) is 13.3. The molecule has 0 spiro atoms. The van der Waals surface area contributed by atoms with E-state index in [0.717, 1.165) is 5.56 Å². The van der Waals surface area contributed by atoms with Crippen LogP contribution in [0, 0.1) is 0 Å². The van der Waals surface area contributed by atoms with Gasteiger partial charge in [-0.05, 0) is 12.0 Å². The molecule has 0 aliphatic heterocycles. The molecule has 10 heteroatoms. The number of carbonyl (C=O) groups is 4. The van der Waals surface area contributed by atoms with Crippen molar-refractivity contribution in [2.24, 2.45) is 5.73 Å². The summed E-state index contributed by atoms with van der Waals surface area (Å²) in [4.78, 5) is 45.7. The lowest BCUT2D eigenvalue weighted by molar-refractivity contribution is -0.139. The van der Waals surface area contributed by atoms with E-state index in [2.05, 4.69) is 10.6 Å². The van der Waals surface area contributed by atoms with Gasteiger partial charge in [0.15, 0.2) is 0 Å². The van der Waals surface area contributed by atoms with E-state index in [0.29, 0.717) is 5.75 Å². The van der Waals surface area contributed by atoms with Gasteiger partial charge in [-0.25, -0.2) is 0 Å². The minimum atomic E-state index is -1.20. The number of thioether (sulfide) groups is 1. The summed E-state index contributed by atoms with van der Waals surface area (Å²) in [6.07, 6.45) is -0.404. The highest BCUT2D eigenvalue weighted by molar-refractivity contribution is 7.98. The minimum Gasteiger partial charge on any atom is -0.481 e. The van der Waals surface area contributed by atoms with Gasteiger partial charge in [0, 0.05) is 24.5 Å². The summed E-state index contributed by atoms with van der Waals surface area (Å²) in [5.41, 5.74) is 6.44. The Bertz CT molecular complexity index is 671. The zero-order valence-corrected chi connectivity index (χ0v) is 16.1. The fraction of sp³-hybridized carbons (Fsp3) is 0.444. The van der Waals surface area contributed by atoms with Crippen LogP contribution in [0.3, 0.4) is 0 Å². The van der Waals surface area contributed by atoms with Crippen molar-refractivity contribution in [2.45, 2.75) is 37.1 Å². The molecule has 0 aromatic heterocycles. The van der Waals surface area contributed by atoms with Crippen LogP contribution in [0.5, 0.6) is 0 Å². The third kappa shape index (κ3) is 9.93. The smallest absolute Gasteiger partial charge is 0.320 e. The van der Waals surface area contributed by atoms with E-state index in [1.165, 1.54) is 11.8 Å². The minimum absolute atomic E-state index is 0.0478. The van der Waals surface area contributed by atoms with Gasteiger partial charge in [0.25, 0.3) is 0 Å². The van der Waals surface area contributed by atoms with Crippen molar-refractivity contribution in [3.05, 3.63) is 35.9 Å². The first-order valence-corrected chi connectivity index (χ1v) is 9.84. The fourth-order valence-electron chi connectivity index (χ4n) is 2.14. The molecule has 0 aliphatic carbocycles. The second-order valence-corrected chi connectivity index (χ2v) is 7.07. The summed E-state index contributed by atoms with van der Waals surface area (Å²) in [6.45, 7) is -0.0478. The van der Waals surface area contributed by atoms with Crippen molar-refractivity contribution in [2.75, 3.05) is 12.3 Å². The number of hydrogen-bond donors (Lipinski definition) is 5. The first-order valence-electron chi connectivity index (χ1n) is 8.68. The van der Waals surface area contributed by atoms with E-state index in [1.54, 1.807) is 0 Å². The molecule has 0 heterocycles.